The molecule has 2 rings (SSSR count). The molecule has 0 aliphatic carbocycles. The van der Waals surface area contributed by atoms with Crippen molar-refractivity contribution in [2.24, 2.45) is 0 Å². The summed E-state index contributed by atoms with van der Waals surface area (Å²) < 4.78 is 6.85. The number of hydrogen-bond acceptors (Lipinski definition) is 6. The van der Waals surface area contributed by atoms with Crippen molar-refractivity contribution in [1.29, 1.82) is 0 Å². The number of ether oxygens (including phenoxy) is 1. The number of anilines is 2. The Morgan fingerprint density at radius 2 is 2.38 bits per heavy atom. The lowest BCUT2D eigenvalue weighted by Gasteiger charge is -2.11. The molecule has 3 N–H and O–H groups in total. The third-order valence-electron chi connectivity index (χ3n) is 2.82. The first-order valence-corrected chi connectivity index (χ1v) is 6.84. The summed E-state index contributed by atoms with van der Waals surface area (Å²) in [7, 11) is 0. The van der Waals surface area contributed by atoms with Gasteiger partial charge in [0.25, 0.3) is 0 Å². The number of hydrogen-bond donors (Lipinski definition) is 2. The van der Waals surface area contributed by atoms with Crippen LogP contribution in [-0.2, 0) is 11.3 Å². The van der Waals surface area contributed by atoms with Crippen LogP contribution in [0.2, 0.25) is 0 Å². The first kappa shape index (κ1) is 14.8. The highest BCUT2D eigenvalue weighted by Gasteiger charge is 2.14. The summed E-state index contributed by atoms with van der Waals surface area (Å²) in [6, 6.07) is 3.45. The summed E-state index contributed by atoms with van der Waals surface area (Å²) in [5, 5.41) is 7.26. The van der Waals surface area contributed by atoms with Crippen molar-refractivity contribution in [2.75, 3.05) is 24.2 Å². The Kier molecular flexibility index (Phi) is 5.14. The van der Waals surface area contributed by atoms with Crippen LogP contribution in [0, 0.1) is 0 Å². The van der Waals surface area contributed by atoms with Gasteiger partial charge in [0.15, 0.2) is 0 Å². The van der Waals surface area contributed by atoms with Gasteiger partial charge in [0.2, 0.25) is 0 Å². The molecule has 2 heterocycles. The van der Waals surface area contributed by atoms with Gasteiger partial charge in [-0.3, -0.25) is 4.68 Å². The number of carbonyl (C=O) groups excluding carboxylic acids is 1. The Morgan fingerprint density at radius 3 is 3.10 bits per heavy atom. The lowest BCUT2D eigenvalue weighted by atomic mass is 10.2. The van der Waals surface area contributed by atoms with Gasteiger partial charge in [-0.25, -0.2) is 9.78 Å². The highest BCUT2D eigenvalue weighted by atomic mass is 16.5. The molecule has 112 valence electrons. The molecule has 0 amide bonds. The van der Waals surface area contributed by atoms with Crippen LogP contribution < -0.4 is 11.1 Å². The van der Waals surface area contributed by atoms with E-state index in [1.54, 1.807) is 19.2 Å². The molecule has 0 aliphatic heterocycles. The number of aryl methyl sites for hydroxylation is 1. The summed E-state index contributed by atoms with van der Waals surface area (Å²) in [5.74, 6) is 0.0648. The number of rotatable bonds is 7. The minimum Gasteiger partial charge on any atom is -0.462 e. The molecule has 0 aromatic carbocycles. The molecule has 0 saturated carbocycles. The van der Waals surface area contributed by atoms with Gasteiger partial charge in [-0.2, -0.15) is 5.10 Å². The lowest BCUT2D eigenvalue weighted by Crippen LogP contribution is -2.14. The first-order chi connectivity index (χ1) is 10.2. The third-order valence-corrected chi connectivity index (χ3v) is 2.82. The predicted molar refractivity (Wildman–Crippen MR) is 79.9 cm³/mol. The summed E-state index contributed by atoms with van der Waals surface area (Å²) in [5.41, 5.74) is 6.46. The minimum absolute atomic E-state index is 0.312. The maximum absolute atomic E-state index is 11.9. The van der Waals surface area contributed by atoms with Crippen LogP contribution in [0.15, 0.2) is 30.7 Å². The number of nitrogens with one attached hydrogen (secondary N) is 1. The smallest absolute Gasteiger partial charge is 0.341 e. The van der Waals surface area contributed by atoms with Crippen molar-refractivity contribution < 1.29 is 9.53 Å². The second-order valence-electron chi connectivity index (χ2n) is 4.43. The fourth-order valence-electron chi connectivity index (χ4n) is 1.87. The van der Waals surface area contributed by atoms with Crippen LogP contribution in [0.3, 0.4) is 0 Å². The Morgan fingerprint density at radius 1 is 1.52 bits per heavy atom. The molecule has 7 nitrogen and oxygen atoms in total. The quantitative estimate of drug-likeness (QED) is 0.593. The van der Waals surface area contributed by atoms with Crippen molar-refractivity contribution in [3.05, 3.63) is 36.3 Å². The molecule has 0 unspecified atom stereocenters. The zero-order valence-corrected chi connectivity index (χ0v) is 12.0. The maximum Gasteiger partial charge on any atom is 0.341 e. The molecule has 0 aliphatic rings. The SMILES string of the molecule is CCOC(=O)c1cc(N)cnc1NCCCn1cccn1. The van der Waals surface area contributed by atoms with Crippen LogP contribution in [0.5, 0.6) is 0 Å². The summed E-state index contributed by atoms with van der Waals surface area (Å²) in [6.45, 7) is 3.54. The standard InChI is InChI=1S/C14H19N5O2/c1-2-21-14(20)12-9-11(15)10-17-13(12)16-5-3-7-19-8-4-6-18-19/h4,6,8-10H,2-3,5,7,15H2,1H3,(H,16,17). The molecular formula is C14H19N5O2. The van der Waals surface area contributed by atoms with Gasteiger partial charge >= 0.3 is 5.97 Å². The Labute approximate surface area is 123 Å². The molecule has 0 spiro atoms. The average molecular weight is 289 g/mol. The van der Waals surface area contributed by atoms with Crippen LogP contribution in [0.4, 0.5) is 11.5 Å². The number of nitrogens with zero attached hydrogens (tertiary/aromatic N) is 3. The lowest BCUT2D eigenvalue weighted by molar-refractivity contribution is 0.0527. The number of carbonyl (C=O) groups is 1. The monoisotopic (exact) mass is 289 g/mol. The van der Waals surface area contributed by atoms with Crippen molar-refractivity contribution in [3.8, 4) is 0 Å². The van der Waals surface area contributed by atoms with Crippen molar-refractivity contribution in [1.82, 2.24) is 14.8 Å². The zero-order valence-electron chi connectivity index (χ0n) is 12.0. The second kappa shape index (κ2) is 7.28. The van der Waals surface area contributed by atoms with Gasteiger partial charge in [0.05, 0.1) is 18.5 Å². The fourth-order valence-corrected chi connectivity index (χ4v) is 1.87. The van der Waals surface area contributed by atoms with Gasteiger partial charge in [-0.15, -0.1) is 0 Å². The normalized spacial score (nSPS) is 10.3. The fraction of sp³-hybridized carbons (Fsp3) is 0.357. The largest absolute Gasteiger partial charge is 0.462 e. The number of pyridine rings is 1. The molecule has 0 radical (unpaired) electrons. The summed E-state index contributed by atoms with van der Waals surface area (Å²) in [4.78, 5) is 16.0. The first-order valence-electron chi connectivity index (χ1n) is 6.84. The highest BCUT2D eigenvalue weighted by molar-refractivity contribution is 5.95. The Hall–Kier alpha value is -2.57. The van der Waals surface area contributed by atoms with Gasteiger partial charge in [-0.1, -0.05) is 0 Å². The average Bonchev–Trinajstić information content (AvgIpc) is 2.98. The number of nitrogens with two attached hydrogens (primary N) is 1. The zero-order chi connectivity index (χ0) is 15.1. The highest BCUT2D eigenvalue weighted by Crippen LogP contribution is 2.16. The van der Waals surface area contributed by atoms with Gasteiger partial charge < -0.3 is 15.8 Å². The van der Waals surface area contributed by atoms with E-state index < -0.39 is 5.97 Å². The molecule has 0 fully saturated rings. The number of nitrogen functional groups attached to an aromatic ring is 1. The summed E-state index contributed by atoms with van der Waals surface area (Å²) in [6.07, 6.45) is 6.02. The van der Waals surface area contributed by atoms with E-state index in [-0.39, 0.29) is 0 Å². The van der Waals surface area contributed by atoms with Crippen molar-refractivity contribution in [3.63, 3.8) is 0 Å². The second-order valence-corrected chi connectivity index (χ2v) is 4.43. The van der Waals surface area contributed by atoms with Crippen LogP contribution >= 0.6 is 0 Å². The molecule has 21 heavy (non-hydrogen) atoms. The van der Waals surface area contributed by atoms with E-state index in [2.05, 4.69) is 15.4 Å². The van der Waals surface area contributed by atoms with E-state index in [1.807, 2.05) is 16.9 Å². The van der Waals surface area contributed by atoms with Crippen molar-refractivity contribution >= 4 is 17.5 Å². The molecule has 0 saturated heterocycles. The van der Waals surface area contributed by atoms with Gasteiger partial charge in [-0.05, 0) is 25.5 Å². The molecule has 2 aromatic heterocycles. The minimum atomic E-state index is -0.424. The third kappa shape index (κ3) is 4.20. The van der Waals surface area contributed by atoms with Crippen LogP contribution in [0.1, 0.15) is 23.7 Å². The predicted octanol–water partition coefficient (Wildman–Crippen LogP) is 1.54. The van der Waals surface area contributed by atoms with E-state index in [1.165, 1.54) is 6.20 Å². The van der Waals surface area contributed by atoms with Gasteiger partial charge in [0.1, 0.15) is 11.4 Å². The van der Waals surface area contributed by atoms with E-state index in [0.29, 0.717) is 30.2 Å². The van der Waals surface area contributed by atoms with E-state index in [9.17, 15) is 4.79 Å². The van der Waals surface area contributed by atoms with Crippen LogP contribution in [-0.4, -0.2) is 33.9 Å². The van der Waals surface area contributed by atoms with E-state index in [0.717, 1.165) is 13.0 Å². The molecule has 2 aromatic rings. The van der Waals surface area contributed by atoms with Gasteiger partial charge in [0, 0.05) is 25.5 Å². The Bertz CT molecular complexity index is 583. The number of esters is 1. The van der Waals surface area contributed by atoms with Crippen LogP contribution in [0.25, 0.3) is 0 Å². The van der Waals surface area contributed by atoms with Crippen molar-refractivity contribution in [2.45, 2.75) is 19.9 Å². The van der Waals surface area contributed by atoms with E-state index >= 15 is 0 Å². The molecule has 0 atom stereocenters. The van der Waals surface area contributed by atoms with E-state index in [4.69, 9.17) is 10.5 Å². The molecule has 0 bridgehead atoms. The number of aromatic nitrogens is 3. The summed E-state index contributed by atoms with van der Waals surface area (Å²) >= 11 is 0. The molecule has 7 heteroatoms. The maximum atomic E-state index is 11.9. The topological polar surface area (TPSA) is 95.1 Å². The molecular weight excluding hydrogens is 270 g/mol. The Balaban J connectivity index is 1.94.